The summed E-state index contributed by atoms with van der Waals surface area (Å²) < 4.78 is 0. The summed E-state index contributed by atoms with van der Waals surface area (Å²) >= 11 is 1.54. The quantitative estimate of drug-likeness (QED) is 0.662. The Kier molecular flexibility index (Phi) is 5.76. The number of nitrogens with one attached hydrogen (secondary N) is 1. The first kappa shape index (κ1) is 19.4. The Balaban J connectivity index is 1.37. The minimum Gasteiger partial charge on any atom is -0.334 e. The maximum atomic E-state index is 12.6. The SMILES string of the molecule is Cc1ccc(CCC(=O)Nc2ccc3c(c2)CN(C(=O)c2ccsc2)CC3)cc1. The molecule has 0 atom stereocenters. The maximum absolute atomic E-state index is 12.6. The average Bonchev–Trinajstić information content (AvgIpc) is 3.27. The Morgan fingerprint density at radius 2 is 1.90 bits per heavy atom. The number of anilines is 1. The number of nitrogens with zero attached hydrogens (tertiary/aromatic N) is 1. The van der Waals surface area contributed by atoms with Crippen LogP contribution in [0.4, 0.5) is 5.69 Å². The lowest BCUT2D eigenvalue weighted by Crippen LogP contribution is -2.35. The molecule has 1 aromatic heterocycles. The number of carbonyl (C=O) groups is 2. The van der Waals surface area contributed by atoms with Crippen molar-refractivity contribution in [1.29, 1.82) is 0 Å². The average molecular weight is 405 g/mol. The molecule has 0 saturated carbocycles. The van der Waals surface area contributed by atoms with E-state index in [2.05, 4.69) is 42.6 Å². The largest absolute Gasteiger partial charge is 0.334 e. The van der Waals surface area contributed by atoms with Gasteiger partial charge in [-0.2, -0.15) is 11.3 Å². The van der Waals surface area contributed by atoms with Crippen molar-refractivity contribution in [2.45, 2.75) is 32.7 Å². The number of benzene rings is 2. The van der Waals surface area contributed by atoms with Gasteiger partial charge in [0.2, 0.25) is 5.91 Å². The van der Waals surface area contributed by atoms with E-state index >= 15 is 0 Å². The van der Waals surface area contributed by atoms with Gasteiger partial charge in [-0.15, -0.1) is 0 Å². The maximum Gasteiger partial charge on any atom is 0.255 e. The summed E-state index contributed by atoms with van der Waals surface area (Å²) in [5.41, 5.74) is 6.28. The fraction of sp³-hybridized carbons (Fsp3) is 0.250. The van der Waals surface area contributed by atoms with Crippen molar-refractivity contribution < 1.29 is 9.59 Å². The molecule has 0 spiro atoms. The Morgan fingerprint density at radius 3 is 2.66 bits per heavy atom. The lowest BCUT2D eigenvalue weighted by molar-refractivity contribution is -0.116. The van der Waals surface area contributed by atoms with E-state index in [1.54, 1.807) is 0 Å². The third-order valence-corrected chi connectivity index (χ3v) is 6.00. The Bertz CT molecular complexity index is 1010. The van der Waals surface area contributed by atoms with Gasteiger partial charge in [0.05, 0.1) is 5.56 Å². The van der Waals surface area contributed by atoms with Gasteiger partial charge >= 0.3 is 0 Å². The first-order valence-electron chi connectivity index (χ1n) is 9.87. The summed E-state index contributed by atoms with van der Waals surface area (Å²) in [5.74, 6) is 0.0805. The van der Waals surface area contributed by atoms with E-state index in [4.69, 9.17) is 0 Å². The highest BCUT2D eigenvalue weighted by molar-refractivity contribution is 7.08. The molecule has 5 heteroatoms. The van der Waals surface area contributed by atoms with E-state index in [9.17, 15) is 9.59 Å². The number of carbonyl (C=O) groups excluding carboxylic acids is 2. The number of hydrogen-bond donors (Lipinski definition) is 1. The van der Waals surface area contributed by atoms with Gasteiger partial charge in [-0.05, 0) is 60.0 Å². The molecular weight excluding hydrogens is 380 g/mol. The van der Waals surface area contributed by atoms with Gasteiger partial charge < -0.3 is 10.2 Å². The van der Waals surface area contributed by atoms with Crippen LogP contribution in [-0.2, 0) is 24.2 Å². The minimum atomic E-state index is 0.00698. The monoisotopic (exact) mass is 404 g/mol. The van der Waals surface area contributed by atoms with E-state index in [0.29, 0.717) is 13.0 Å². The number of thiophene rings is 1. The molecule has 4 rings (SSSR count). The molecular formula is C24H24N2O2S. The van der Waals surface area contributed by atoms with Gasteiger partial charge in [0.1, 0.15) is 0 Å². The van der Waals surface area contributed by atoms with Crippen LogP contribution < -0.4 is 5.32 Å². The van der Waals surface area contributed by atoms with Gasteiger partial charge in [-0.3, -0.25) is 9.59 Å². The fourth-order valence-corrected chi connectivity index (χ4v) is 4.24. The van der Waals surface area contributed by atoms with Crippen LogP contribution in [-0.4, -0.2) is 23.3 Å². The number of amides is 2. The van der Waals surface area contributed by atoms with Crippen molar-refractivity contribution in [2.24, 2.45) is 0 Å². The third kappa shape index (κ3) is 4.74. The Morgan fingerprint density at radius 1 is 1.07 bits per heavy atom. The molecule has 2 amide bonds. The normalized spacial score (nSPS) is 13.1. The van der Waals surface area contributed by atoms with Crippen LogP contribution in [0.2, 0.25) is 0 Å². The highest BCUT2D eigenvalue weighted by atomic mass is 32.1. The third-order valence-electron chi connectivity index (χ3n) is 5.32. The zero-order chi connectivity index (χ0) is 20.2. The second kappa shape index (κ2) is 8.62. The van der Waals surface area contributed by atoms with Gasteiger partial charge in [0.25, 0.3) is 5.91 Å². The van der Waals surface area contributed by atoms with Crippen LogP contribution in [0, 0.1) is 6.92 Å². The molecule has 1 N–H and O–H groups in total. The van der Waals surface area contributed by atoms with Gasteiger partial charge in [0.15, 0.2) is 0 Å². The number of rotatable bonds is 5. The molecule has 3 aromatic rings. The van der Waals surface area contributed by atoms with Crippen molar-refractivity contribution >= 4 is 28.8 Å². The second-order valence-electron chi connectivity index (χ2n) is 7.51. The standard InChI is InChI=1S/C24H24N2O2S/c1-17-2-4-18(5-3-17)6-9-23(27)25-22-8-7-19-10-12-26(15-21(19)14-22)24(28)20-11-13-29-16-20/h2-5,7-8,11,13-14,16H,6,9-10,12,15H2,1H3,(H,25,27). The van der Waals surface area contributed by atoms with Crippen molar-refractivity contribution in [3.63, 3.8) is 0 Å². The van der Waals surface area contributed by atoms with Crippen molar-refractivity contribution in [3.8, 4) is 0 Å². The van der Waals surface area contributed by atoms with Gasteiger partial charge in [-0.1, -0.05) is 35.9 Å². The van der Waals surface area contributed by atoms with Gasteiger partial charge in [-0.25, -0.2) is 0 Å². The zero-order valence-electron chi connectivity index (χ0n) is 16.5. The highest BCUT2D eigenvalue weighted by Crippen LogP contribution is 2.24. The van der Waals surface area contributed by atoms with E-state index in [0.717, 1.165) is 36.2 Å². The highest BCUT2D eigenvalue weighted by Gasteiger charge is 2.22. The van der Waals surface area contributed by atoms with Crippen LogP contribution >= 0.6 is 11.3 Å². The predicted molar refractivity (Wildman–Crippen MR) is 117 cm³/mol. The molecule has 29 heavy (non-hydrogen) atoms. The molecule has 148 valence electrons. The minimum absolute atomic E-state index is 0.00698. The van der Waals surface area contributed by atoms with Crippen LogP contribution in [0.5, 0.6) is 0 Å². The molecule has 4 nitrogen and oxygen atoms in total. The molecule has 1 aliphatic rings. The first-order valence-corrected chi connectivity index (χ1v) is 10.8. The summed E-state index contributed by atoms with van der Waals surface area (Å²) in [4.78, 5) is 26.9. The topological polar surface area (TPSA) is 49.4 Å². The zero-order valence-corrected chi connectivity index (χ0v) is 17.3. The smallest absolute Gasteiger partial charge is 0.255 e. The molecule has 0 bridgehead atoms. The van der Waals surface area contributed by atoms with E-state index in [-0.39, 0.29) is 11.8 Å². The summed E-state index contributed by atoms with van der Waals surface area (Å²) in [6.07, 6.45) is 2.01. The molecule has 0 fully saturated rings. The molecule has 0 unspecified atom stereocenters. The lowest BCUT2D eigenvalue weighted by Gasteiger charge is -2.29. The summed E-state index contributed by atoms with van der Waals surface area (Å²) in [6.45, 7) is 3.36. The molecule has 0 radical (unpaired) electrons. The van der Waals surface area contributed by atoms with E-state index in [1.165, 1.54) is 28.0 Å². The van der Waals surface area contributed by atoms with Crippen molar-refractivity contribution in [1.82, 2.24) is 4.90 Å². The number of fused-ring (bicyclic) bond motifs is 1. The molecule has 0 saturated heterocycles. The number of aryl methyl sites for hydroxylation is 2. The van der Waals surface area contributed by atoms with Crippen LogP contribution in [0.25, 0.3) is 0 Å². The second-order valence-corrected chi connectivity index (χ2v) is 8.29. The van der Waals surface area contributed by atoms with E-state index < -0.39 is 0 Å². The van der Waals surface area contributed by atoms with E-state index in [1.807, 2.05) is 33.9 Å². The van der Waals surface area contributed by atoms with Crippen molar-refractivity contribution in [2.75, 3.05) is 11.9 Å². The first-order chi connectivity index (χ1) is 14.1. The molecule has 2 aromatic carbocycles. The van der Waals surface area contributed by atoms with Crippen LogP contribution in [0.3, 0.4) is 0 Å². The fourth-order valence-electron chi connectivity index (χ4n) is 3.61. The molecule has 0 aliphatic carbocycles. The Hall–Kier alpha value is -2.92. The summed E-state index contributed by atoms with van der Waals surface area (Å²) in [6, 6.07) is 16.2. The van der Waals surface area contributed by atoms with Gasteiger partial charge in [0, 0.05) is 30.6 Å². The summed E-state index contributed by atoms with van der Waals surface area (Å²) in [5, 5.41) is 6.82. The number of hydrogen-bond acceptors (Lipinski definition) is 3. The Labute approximate surface area is 175 Å². The lowest BCUT2D eigenvalue weighted by atomic mass is 9.98. The van der Waals surface area contributed by atoms with Crippen molar-refractivity contribution in [3.05, 3.63) is 87.1 Å². The summed E-state index contributed by atoms with van der Waals surface area (Å²) in [7, 11) is 0. The van der Waals surface area contributed by atoms with Crippen LogP contribution in [0.15, 0.2) is 59.3 Å². The molecule has 1 aliphatic heterocycles. The molecule has 2 heterocycles. The van der Waals surface area contributed by atoms with Crippen LogP contribution in [0.1, 0.15) is 39.0 Å². The predicted octanol–water partition coefficient (Wildman–Crippen LogP) is 4.83.